The van der Waals surface area contributed by atoms with Crippen molar-refractivity contribution in [3.63, 3.8) is 0 Å². The van der Waals surface area contributed by atoms with E-state index in [4.69, 9.17) is 14.7 Å². The quantitative estimate of drug-likeness (QED) is 0.688. The number of aromatic nitrogens is 2. The highest BCUT2D eigenvalue weighted by Crippen LogP contribution is 2.37. The van der Waals surface area contributed by atoms with Crippen LogP contribution in [0.5, 0.6) is 5.75 Å². The SMILES string of the molecule is COc1ccc(CN2C(=O)Cc3c(C)nc([C@H]4CCCCN4C(=O)C4CCCC4)nc32)cc1. The summed E-state index contributed by atoms with van der Waals surface area (Å²) in [5.41, 5.74) is 2.77. The van der Waals surface area contributed by atoms with Crippen LogP contribution in [-0.4, -0.2) is 40.3 Å². The van der Waals surface area contributed by atoms with Crippen molar-refractivity contribution in [3.05, 3.63) is 46.9 Å². The Balaban J connectivity index is 1.44. The summed E-state index contributed by atoms with van der Waals surface area (Å²) in [6.07, 6.45) is 7.58. The van der Waals surface area contributed by atoms with Gasteiger partial charge in [0.1, 0.15) is 11.6 Å². The lowest BCUT2D eigenvalue weighted by molar-refractivity contribution is -0.139. The first-order chi connectivity index (χ1) is 16.0. The van der Waals surface area contributed by atoms with E-state index in [1.807, 2.05) is 36.1 Å². The molecule has 2 amide bonds. The Hall–Kier alpha value is -2.96. The van der Waals surface area contributed by atoms with Gasteiger partial charge >= 0.3 is 0 Å². The van der Waals surface area contributed by atoms with Gasteiger partial charge in [-0.1, -0.05) is 25.0 Å². The van der Waals surface area contributed by atoms with Crippen LogP contribution in [0, 0.1) is 12.8 Å². The largest absolute Gasteiger partial charge is 0.497 e. The second kappa shape index (κ2) is 9.12. The average Bonchev–Trinajstić information content (AvgIpc) is 3.48. The van der Waals surface area contributed by atoms with E-state index in [1.54, 1.807) is 12.0 Å². The summed E-state index contributed by atoms with van der Waals surface area (Å²) in [6, 6.07) is 7.66. The van der Waals surface area contributed by atoms with E-state index in [-0.39, 0.29) is 23.8 Å². The summed E-state index contributed by atoms with van der Waals surface area (Å²) in [4.78, 5) is 39.8. The number of fused-ring (bicyclic) bond motifs is 1. The second-order valence-electron chi connectivity index (χ2n) is 9.50. The van der Waals surface area contributed by atoms with Gasteiger partial charge in [-0.2, -0.15) is 0 Å². The molecular weight excluding hydrogens is 416 g/mol. The molecule has 2 aromatic rings. The van der Waals surface area contributed by atoms with E-state index in [2.05, 4.69) is 0 Å². The first-order valence-corrected chi connectivity index (χ1v) is 12.2. The summed E-state index contributed by atoms with van der Waals surface area (Å²) < 4.78 is 5.25. The minimum atomic E-state index is -0.102. The molecule has 1 aromatic heterocycles. The number of carbonyl (C=O) groups excluding carboxylic acids is 2. The fourth-order valence-electron chi connectivity index (χ4n) is 5.49. The summed E-state index contributed by atoms with van der Waals surface area (Å²) in [7, 11) is 1.64. The summed E-state index contributed by atoms with van der Waals surface area (Å²) >= 11 is 0. The lowest BCUT2D eigenvalue weighted by Crippen LogP contribution is -2.42. The number of anilines is 1. The monoisotopic (exact) mass is 448 g/mol. The van der Waals surface area contributed by atoms with Crippen molar-refractivity contribution in [1.82, 2.24) is 14.9 Å². The van der Waals surface area contributed by atoms with Crippen LogP contribution >= 0.6 is 0 Å². The molecule has 174 valence electrons. The molecule has 7 nitrogen and oxygen atoms in total. The molecule has 1 saturated carbocycles. The third-order valence-corrected chi connectivity index (χ3v) is 7.38. The third kappa shape index (κ3) is 4.21. The van der Waals surface area contributed by atoms with Crippen molar-refractivity contribution in [2.45, 2.75) is 70.9 Å². The number of rotatable bonds is 5. The molecule has 1 atom stereocenters. The van der Waals surface area contributed by atoms with Gasteiger partial charge in [-0.05, 0) is 56.7 Å². The Morgan fingerprint density at radius 1 is 1.06 bits per heavy atom. The van der Waals surface area contributed by atoms with E-state index in [0.29, 0.717) is 24.6 Å². The molecule has 7 heteroatoms. The van der Waals surface area contributed by atoms with Crippen LogP contribution in [0.3, 0.4) is 0 Å². The molecule has 1 aliphatic carbocycles. The van der Waals surface area contributed by atoms with Crippen LogP contribution in [0.25, 0.3) is 0 Å². The highest BCUT2D eigenvalue weighted by atomic mass is 16.5. The maximum atomic E-state index is 13.3. The van der Waals surface area contributed by atoms with Crippen LogP contribution in [-0.2, 0) is 22.6 Å². The fraction of sp³-hybridized carbons (Fsp3) is 0.538. The molecule has 0 N–H and O–H groups in total. The smallest absolute Gasteiger partial charge is 0.233 e. The average molecular weight is 449 g/mol. The number of benzene rings is 1. The number of aryl methyl sites for hydroxylation is 1. The van der Waals surface area contributed by atoms with Crippen molar-refractivity contribution in [1.29, 1.82) is 0 Å². The van der Waals surface area contributed by atoms with Gasteiger partial charge in [0.25, 0.3) is 0 Å². The Morgan fingerprint density at radius 2 is 1.79 bits per heavy atom. The van der Waals surface area contributed by atoms with Crippen molar-refractivity contribution in [2.75, 3.05) is 18.6 Å². The van der Waals surface area contributed by atoms with Crippen molar-refractivity contribution >= 4 is 17.6 Å². The van der Waals surface area contributed by atoms with Gasteiger partial charge in [-0.15, -0.1) is 0 Å². The van der Waals surface area contributed by atoms with Crippen molar-refractivity contribution < 1.29 is 14.3 Å². The van der Waals surface area contributed by atoms with E-state index in [0.717, 1.165) is 74.1 Å². The number of amides is 2. The lowest BCUT2D eigenvalue weighted by Gasteiger charge is -2.36. The predicted octanol–water partition coefficient (Wildman–Crippen LogP) is 4.13. The lowest BCUT2D eigenvalue weighted by atomic mass is 9.97. The molecule has 0 radical (unpaired) electrons. The van der Waals surface area contributed by atoms with Gasteiger partial charge in [0.2, 0.25) is 11.8 Å². The number of hydrogen-bond donors (Lipinski definition) is 0. The molecule has 1 aromatic carbocycles. The number of hydrogen-bond acceptors (Lipinski definition) is 5. The highest BCUT2D eigenvalue weighted by molar-refractivity contribution is 6.00. The van der Waals surface area contributed by atoms with Crippen LogP contribution in [0.1, 0.15) is 73.6 Å². The van der Waals surface area contributed by atoms with Gasteiger partial charge in [-0.3, -0.25) is 14.5 Å². The Bertz CT molecular complexity index is 1050. The first-order valence-electron chi connectivity index (χ1n) is 12.2. The maximum absolute atomic E-state index is 13.3. The van der Waals surface area contributed by atoms with E-state index in [1.165, 1.54) is 0 Å². The summed E-state index contributed by atoms with van der Waals surface area (Å²) in [6.45, 7) is 3.19. The van der Waals surface area contributed by atoms with E-state index >= 15 is 0 Å². The normalized spacial score (nSPS) is 20.9. The van der Waals surface area contributed by atoms with Crippen molar-refractivity contribution in [3.8, 4) is 5.75 Å². The Labute approximate surface area is 195 Å². The van der Waals surface area contributed by atoms with E-state index < -0.39 is 0 Å². The zero-order valence-corrected chi connectivity index (χ0v) is 19.5. The van der Waals surface area contributed by atoms with Crippen LogP contribution in [0.4, 0.5) is 5.82 Å². The standard InChI is InChI=1S/C26H32N4O3/c1-17-21-15-23(31)30(16-18-10-12-20(33-2)13-11-18)25(21)28-24(27-17)22-9-5-6-14-29(22)26(32)19-7-3-4-8-19/h10-13,19,22H,3-9,14-16H2,1-2H3/t22-/m1/s1. The van der Waals surface area contributed by atoms with Gasteiger partial charge in [0, 0.05) is 23.7 Å². The third-order valence-electron chi connectivity index (χ3n) is 7.38. The number of ether oxygens (including phenoxy) is 1. The number of nitrogens with zero attached hydrogens (tertiary/aromatic N) is 4. The number of methoxy groups -OCH3 is 1. The van der Waals surface area contributed by atoms with Gasteiger partial charge in [-0.25, -0.2) is 9.97 Å². The molecule has 1 saturated heterocycles. The molecule has 0 bridgehead atoms. The van der Waals surface area contributed by atoms with Crippen LogP contribution in [0.15, 0.2) is 24.3 Å². The second-order valence-corrected chi connectivity index (χ2v) is 9.50. The minimum absolute atomic E-state index is 0.0397. The summed E-state index contributed by atoms with van der Waals surface area (Å²) in [5.74, 6) is 2.64. The number of likely N-dealkylation sites (tertiary alicyclic amines) is 1. The molecule has 0 spiro atoms. The molecular formula is C26H32N4O3. The molecule has 3 aliphatic rings. The molecule has 2 aliphatic heterocycles. The molecule has 33 heavy (non-hydrogen) atoms. The Morgan fingerprint density at radius 3 is 2.52 bits per heavy atom. The number of piperidine rings is 1. The zero-order chi connectivity index (χ0) is 22.9. The molecule has 0 unspecified atom stereocenters. The van der Waals surface area contributed by atoms with Gasteiger partial charge in [0.05, 0.1) is 26.1 Å². The first kappa shape index (κ1) is 21.9. The minimum Gasteiger partial charge on any atom is -0.497 e. The molecule has 2 fully saturated rings. The number of carbonyl (C=O) groups is 2. The van der Waals surface area contributed by atoms with E-state index in [9.17, 15) is 9.59 Å². The maximum Gasteiger partial charge on any atom is 0.233 e. The summed E-state index contributed by atoms with van der Waals surface area (Å²) in [5, 5.41) is 0. The van der Waals surface area contributed by atoms with Crippen LogP contribution in [0.2, 0.25) is 0 Å². The Kier molecular flexibility index (Phi) is 6.04. The van der Waals surface area contributed by atoms with Crippen molar-refractivity contribution in [2.24, 2.45) is 5.92 Å². The van der Waals surface area contributed by atoms with Gasteiger partial charge < -0.3 is 9.64 Å². The predicted molar refractivity (Wildman–Crippen MR) is 125 cm³/mol. The molecule has 5 rings (SSSR count). The van der Waals surface area contributed by atoms with Gasteiger partial charge in [0.15, 0.2) is 5.82 Å². The highest BCUT2D eigenvalue weighted by Gasteiger charge is 2.37. The molecule has 3 heterocycles. The fourth-order valence-corrected chi connectivity index (χ4v) is 5.49. The zero-order valence-electron chi connectivity index (χ0n) is 19.5. The van der Waals surface area contributed by atoms with Crippen LogP contribution < -0.4 is 9.64 Å². The topological polar surface area (TPSA) is 75.6 Å².